The molecule has 67 heavy (non-hydrogen) atoms. The number of rotatable bonds is 8. The van der Waals surface area contributed by atoms with E-state index in [4.69, 9.17) is 8.83 Å². The third-order valence-corrected chi connectivity index (χ3v) is 13.3. The van der Waals surface area contributed by atoms with Crippen LogP contribution in [0, 0.1) is 0 Å². The van der Waals surface area contributed by atoms with E-state index in [9.17, 15) is 0 Å². The van der Waals surface area contributed by atoms with Gasteiger partial charge < -0.3 is 13.7 Å². The monoisotopic (exact) mass is 855 g/mol. The number of furan rings is 2. The SMILES string of the molecule is c1ccc(-c2ccc3c(c2)oc2cc(N(c4ccc(-c5ccc(-c6ccc7ccccc7c6)cc5)cc4)c4ccc(-c5ccccc5)c5oc6cc(-c7ccccc7)ccc6c45)ccc23)cc1. The van der Waals surface area contributed by atoms with E-state index in [0.717, 1.165) is 105 Å². The van der Waals surface area contributed by atoms with E-state index in [1.165, 1.54) is 21.9 Å². The summed E-state index contributed by atoms with van der Waals surface area (Å²) in [5.41, 5.74) is 17.8. The van der Waals surface area contributed by atoms with Crippen molar-refractivity contribution in [3.63, 3.8) is 0 Å². The first-order valence-electron chi connectivity index (χ1n) is 22.8. The van der Waals surface area contributed by atoms with E-state index in [0.29, 0.717) is 0 Å². The van der Waals surface area contributed by atoms with E-state index in [-0.39, 0.29) is 0 Å². The lowest BCUT2D eigenvalue weighted by Gasteiger charge is -2.27. The maximum absolute atomic E-state index is 7.01. The molecule has 314 valence electrons. The summed E-state index contributed by atoms with van der Waals surface area (Å²) < 4.78 is 13.8. The highest BCUT2D eigenvalue weighted by Gasteiger charge is 2.24. The molecule has 0 N–H and O–H groups in total. The Morgan fingerprint density at radius 3 is 1.37 bits per heavy atom. The van der Waals surface area contributed by atoms with E-state index >= 15 is 0 Å². The van der Waals surface area contributed by atoms with Crippen molar-refractivity contribution in [1.82, 2.24) is 0 Å². The second-order valence-electron chi connectivity index (χ2n) is 17.3. The fraction of sp³-hybridized carbons (Fsp3) is 0. The number of anilines is 3. The summed E-state index contributed by atoms with van der Waals surface area (Å²) in [5, 5.41) is 6.75. The Hall–Kier alpha value is -8.92. The van der Waals surface area contributed by atoms with E-state index in [1.807, 2.05) is 6.07 Å². The van der Waals surface area contributed by atoms with Gasteiger partial charge in [0.1, 0.15) is 22.3 Å². The van der Waals surface area contributed by atoms with Crippen LogP contribution in [-0.4, -0.2) is 0 Å². The van der Waals surface area contributed by atoms with E-state index < -0.39 is 0 Å². The minimum atomic E-state index is 0.826. The minimum absolute atomic E-state index is 0.826. The van der Waals surface area contributed by atoms with Crippen molar-refractivity contribution in [1.29, 1.82) is 0 Å². The molecule has 0 aliphatic rings. The molecule has 2 aromatic heterocycles. The Morgan fingerprint density at radius 1 is 0.269 bits per heavy atom. The van der Waals surface area contributed by atoms with Crippen LogP contribution in [0.5, 0.6) is 0 Å². The van der Waals surface area contributed by atoms with Crippen LogP contribution in [0.2, 0.25) is 0 Å². The van der Waals surface area contributed by atoms with Crippen molar-refractivity contribution in [2.24, 2.45) is 0 Å². The molecule has 0 aliphatic carbocycles. The van der Waals surface area contributed by atoms with Gasteiger partial charge in [0, 0.05) is 39.2 Å². The zero-order valence-corrected chi connectivity index (χ0v) is 36.4. The topological polar surface area (TPSA) is 29.5 Å². The Bertz CT molecular complexity index is 3940. The highest BCUT2D eigenvalue weighted by molar-refractivity contribution is 6.18. The number of hydrogen-bond donors (Lipinski definition) is 0. The molecule has 3 nitrogen and oxygen atoms in total. The summed E-state index contributed by atoms with van der Waals surface area (Å²) in [5.74, 6) is 0. The zero-order valence-electron chi connectivity index (χ0n) is 36.4. The van der Waals surface area contributed by atoms with E-state index in [1.54, 1.807) is 0 Å². The third-order valence-electron chi connectivity index (χ3n) is 13.3. The molecule has 2 heterocycles. The van der Waals surface area contributed by atoms with Gasteiger partial charge in [-0.2, -0.15) is 0 Å². The number of nitrogens with zero attached hydrogens (tertiary/aromatic N) is 1. The number of hydrogen-bond acceptors (Lipinski definition) is 3. The van der Waals surface area contributed by atoms with Crippen molar-refractivity contribution in [2.75, 3.05) is 4.90 Å². The van der Waals surface area contributed by atoms with E-state index in [2.05, 4.69) is 248 Å². The Labute approximate surface area is 388 Å². The molecule has 0 fully saturated rings. The van der Waals surface area contributed by atoms with Crippen LogP contribution in [0.4, 0.5) is 17.1 Å². The van der Waals surface area contributed by atoms with Crippen molar-refractivity contribution in [3.05, 3.63) is 249 Å². The average Bonchev–Trinajstić information content (AvgIpc) is 3.98. The van der Waals surface area contributed by atoms with Gasteiger partial charge in [-0.1, -0.05) is 176 Å². The predicted octanol–water partition coefficient (Wildman–Crippen LogP) is 18.4. The molecule has 0 amide bonds. The van der Waals surface area contributed by atoms with Gasteiger partial charge in [0.15, 0.2) is 0 Å². The van der Waals surface area contributed by atoms with Crippen molar-refractivity contribution < 1.29 is 8.83 Å². The molecule has 13 rings (SSSR count). The zero-order chi connectivity index (χ0) is 44.3. The highest BCUT2D eigenvalue weighted by atomic mass is 16.3. The van der Waals surface area contributed by atoms with Crippen molar-refractivity contribution in [3.8, 4) is 55.6 Å². The van der Waals surface area contributed by atoms with Crippen LogP contribution in [0.3, 0.4) is 0 Å². The first kappa shape index (κ1) is 38.5. The first-order chi connectivity index (χ1) is 33.2. The molecule has 0 aliphatic heterocycles. The van der Waals surface area contributed by atoms with Crippen molar-refractivity contribution in [2.45, 2.75) is 0 Å². The smallest absolute Gasteiger partial charge is 0.145 e. The van der Waals surface area contributed by atoms with Crippen molar-refractivity contribution >= 4 is 71.7 Å². The molecule has 0 saturated heterocycles. The fourth-order valence-corrected chi connectivity index (χ4v) is 9.87. The Morgan fingerprint density at radius 2 is 0.716 bits per heavy atom. The fourth-order valence-electron chi connectivity index (χ4n) is 9.87. The second kappa shape index (κ2) is 16.0. The molecule has 0 bridgehead atoms. The quantitative estimate of drug-likeness (QED) is 0.152. The molecule has 0 saturated carbocycles. The molecule has 0 radical (unpaired) electrons. The molecule has 0 unspecified atom stereocenters. The van der Waals surface area contributed by atoms with Gasteiger partial charge in [-0.25, -0.2) is 0 Å². The summed E-state index contributed by atoms with van der Waals surface area (Å²) in [4.78, 5) is 2.35. The van der Waals surface area contributed by atoms with Gasteiger partial charge in [-0.15, -0.1) is 0 Å². The number of benzene rings is 11. The van der Waals surface area contributed by atoms with Gasteiger partial charge in [0.25, 0.3) is 0 Å². The standard InChI is InChI=1S/C64H41NO2/c1-4-12-42(13-5-1)51-28-33-56-57-35-32-54(41-62(57)66-60(56)39-51)65(53-30-26-46(27-31-53)45-20-22-47(23-21-45)50-25-24-44-16-10-11-19-49(44)38-50)59-37-36-55(48-17-8-3-9-18-48)64-63(59)58-34-29-52(40-61(58)67-64)43-14-6-2-7-15-43/h1-41H. The van der Waals surface area contributed by atoms with Gasteiger partial charge in [0.05, 0.1) is 11.1 Å². The third kappa shape index (κ3) is 6.84. The molecule has 0 atom stereocenters. The highest BCUT2D eigenvalue weighted by Crippen LogP contribution is 2.48. The predicted molar refractivity (Wildman–Crippen MR) is 280 cm³/mol. The average molecular weight is 856 g/mol. The summed E-state index contributed by atoms with van der Waals surface area (Å²) in [6.07, 6.45) is 0. The second-order valence-corrected chi connectivity index (χ2v) is 17.3. The minimum Gasteiger partial charge on any atom is -0.456 e. The summed E-state index contributed by atoms with van der Waals surface area (Å²) in [6, 6.07) is 88.7. The normalized spacial score (nSPS) is 11.6. The Kier molecular flexibility index (Phi) is 9.17. The number of fused-ring (bicyclic) bond motifs is 7. The van der Waals surface area contributed by atoms with Gasteiger partial charge in [-0.3, -0.25) is 0 Å². The molecule has 3 heteroatoms. The summed E-state index contributed by atoms with van der Waals surface area (Å²) >= 11 is 0. The van der Waals surface area contributed by atoms with Crippen LogP contribution < -0.4 is 4.90 Å². The lowest BCUT2D eigenvalue weighted by Crippen LogP contribution is -2.10. The Balaban J connectivity index is 0.966. The maximum Gasteiger partial charge on any atom is 0.145 e. The van der Waals surface area contributed by atoms with Crippen LogP contribution in [0.25, 0.3) is 110 Å². The molecule has 13 aromatic rings. The van der Waals surface area contributed by atoms with Crippen LogP contribution >= 0.6 is 0 Å². The molecular weight excluding hydrogens is 815 g/mol. The summed E-state index contributed by atoms with van der Waals surface area (Å²) in [7, 11) is 0. The molecular formula is C64H41NO2. The van der Waals surface area contributed by atoms with Gasteiger partial charge in [-0.05, 0) is 128 Å². The van der Waals surface area contributed by atoms with Crippen LogP contribution in [0.1, 0.15) is 0 Å². The van der Waals surface area contributed by atoms with Crippen LogP contribution in [-0.2, 0) is 0 Å². The molecule has 11 aromatic carbocycles. The van der Waals surface area contributed by atoms with Gasteiger partial charge >= 0.3 is 0 Å². The van der Waals surface area contributed by atoms with Gasteiger partial charge in [0.2, 0.25) is 0 Å². The lowest BCUT2D eigenvalue weighted by atomic mass is 9.97. The maximum atomic E-state index is 7.01. The largest absolute Gasteiger partial charge is 0.456 e. The van der Waals surface area contributed by atoms with Crippen LogP contribution in [0.15, 0.2) is 258 Å². The lowest BCUT2D eigenvalue weighted by molar-refractivity contribution is 0.669. The summed E-state index contributed by atoms with van der Waals surface area (Å²) in [6.45, 7) is 0. The molecule has 0 spiro atoms. The first-order valence-corrected chi connectivity index (χ1v) is 22.8.